The smallest absolute Gasteiger partial charge is 0.344 e. The van der Waals surface area contributed by atoms with E-state index in [1.165, 1.54) is 7.11 Å². The van der Waals surface area contributed by atoms with Gasteiger partial charge in [0.25, 0.3) is 0 Å². The molecule has 38 heavy (non-hydrogen) atoms. The van der Waals surface area contributed by atoms with Crippen molar-refractivity contribution in [2.24, 2.45) is 4.99 Å². The van der Waals surface area contributed by atoms with E-state index in [9.17, 15) is 15.2 Å². The van der Waals surface area contributed by atoms with Crippen LogP contribution in [-0.4, -0.2) is 29.8 Å². The molecule has 0 bridgehead atoms. The number of carbonyl (C=O) groups excluding carboxylic acids is 1. The van der Waals surface area contributed by atoms with Crippen molar-refractivity contribution in [3.63, 3.8) is 0 Å². The van der Waals surface area contributed by atoms with Crippen molar-refractivity contribution in [1.82, 2.24) is 0 Å². The number of thioether (sulfide) groups is 1. The third kappa shape index (κ3) is 6.02. The number of esters is 1. The third-order valence-electron chi connectivity index (χ3n) is 5.42. The first-order valence-electron chi connectivity index (χ1n) is 11.6. The SMILES string of the molecule is CCOC(=O)C1=C(O)/C(=C/c2cc(Cl)c(OCc3ccccc3C#N)c(OC)c2)SC1=Nc1ccccc1. The lowest BCUT2D eigenvalue weighted by molar-refractivity contribution is -0.138. The first-order valence-corrected chi connectivity index (χ1v) is 12.8. The lowest BCUT2D eigenvalue weighted by Gasteiger charge is -2.14. The van der Waals surface area contributed by atoms with Gasteiger partial charge >= 0.3 is 5.97 Å². The van der Waals surface area contributed by atoms with Crippen LogP contribution in [0.3, 0.4) is 0 Å². The predicted molar refractivity (Wildman–Crippen MR) is 149 cm³/mol. The van der Waals surface area contributed by atoms with Crippen LogP contribution in [0.4, 0.5) is 5.69 Å². The average Bonchev–Trinajstić information content (AvgIpc) is 3.22. The van der Waals surface area contributed by atoms with Crippen molar-refractivity contribution >= 4 is 46.1 Å². The Morgan fingerprint density at radius 1 is 1.16 bits per heavy atom. The molecule has 0 unspecified atom stereocenters. The highest BCUT2D eigenvalue weighted by molar-refractivity contribution is 8.18. The van der Waals surface area contributed by atoms with Crippen molar-refractivity contribution in [2.75, 3.05) is 13.7 Å². The number of ether oxygens (including phenoxy) is 3. The molecule has 0 radical (unpaired) electrons. The molecule has 1 heterocycles. The second-order valence-corrected chi connectivity index (χ2v) is 9.34. The van der Waals surface area contributed by atoms with Gasteiger partial charge in [-0.2, -0.15) is 5.26 Å². The number of halogens is 1. The van der Waals surface area contributed by atoms with Gasteiger partial charge < -0.3 is 19.3 Å². The molecule has 3 aromatic rings. The lowest BCUT2D eigenvalue weighted by atomic mass is 10.1. The monoisotopic (exact) mass is 546 g/mol. The van der Waals surface area contributed by atoms with Gasteiger partial charge in [0.05, 0.1) is 41.0 Å². The summed E-state index contributed by atoms with van der Waals surface area (Å²) in [4.78, 5) is 17.6. The highest BCUT2D eigenvalue weighted by atomic mass is 35.5. The molecule has 0 aliphatic carbocycles. The number of nitrogens with zero attached hydrogens (tertiary/aromatic N) is 2. The van der Waals surface area contributed by atoms with E-state index in [1.54, 1.807) is 55.5 Å². The van der Waals surface area contributed by atoms with Gasteiger partial charge in [-0.3, -0.25) is 0 Å². The summed E-state index contributed by atoms with van der Waals surface area (Å²) in [5, 5.41) is 20.9. The summed E-state index contributed by atoms with van der Waals surface area (Å²) in [5.41, 5.74) is 2.47. The summed E-state index contributed by atoms with van der Waals surface area (Å²) < 4.78 is 16.6. The number of hydrogen-bond donors (Lipinski definition) is 1. The summed E-state index contributed by atoms with van der Waals surface area (Å²) >= 11 is 7.70. The van der Waals surface area contributed by atoms with Crippen molar-refractivity contribution in [1.29, 1.82) is 5.26 Å². The Morgan fingerprint density at radius 3 is 2.61 bits per heavy atom. The quantitative estimate of drug-likeness (QED) is 0.304. The second-order valence-electron chi connectivity index (χ2n) is 7.90. The molecule has 192 valence electrons. The minimum atomic E-state index is -0.660. The summed E-state index contributed by atoms with van der Waals surface area (Å²) in [6, 6.07) is 21.8. The van der Waals surface area contributed by atoms with Crippen molar-refractivity contribution < 1.29 is 24.1 Å². The Labute approximate surface area is 229 Å². The molecule has 1 aliphatic heterocycles. The Morgan fingerprint density at radius 2 is 1.89 bits per heavy atom. The first kappa shape index (κ1) is 26.9. The maximum absolute atomic E-state index is 12.6. The number of benzene rings is 3. The molecule has 0 saturated carbocycles. The molecule has 1 N–H and O–H groups in total. The van der Waals surface area contributed by atoms with Gasteiger partial charge in [0.15, 0.2) is 11.5 Å². The Hall–Kier alpha value is -4.19. The zero-order chi connectivity index (χ0) is 27.1. The van der Waals surface area contributed by atoms with Crippen LogP contribution in [0.5, 0.6) is 11.5 Å². The molecule has 0 spiro atoms. The summed E-state index contributed by atoms with van der Waals surface area (Å²) in [6.45, 7) is 1.98. The Bertz CT molecular complexity index is 1490. The molecule has 9 heteroatoms. The van der Waals surface area contributed by atoms with Gasteiger partial charge in [-0.05, 0) is 48.9 Å². The van der Waals surface area contributed by atoms with Crippen LogP contribution in [0.1, 0.15) is 23.6 Å². The van der Waals surface area contributed by atoms with Gasteiger partial charge in [-0.15, -0.1) is 0 Å². The molecule has 1 aliphatic rings. The zero-order valence-corrected chi connectivity index (χ0v) is 22.2. The fourth-order valence-electron chi connectivity index (χ4n) is 3.63. The zero-order valence-electron chi connectivity index (χ0n) is 20.6. The first-order chi connectivity index (χ1) is 18.4. The molecule has 0 aromatic heterocycles. The van der Waals surface area contributed by atoms with Gasteiger partial charge in [-0.1, -0.05) is 59.8 Å². The topological polar surface area (TPSA) is 101 Å². The highest BCUT2D eigenvalue weighted by Gasteiger charge is 2.33. The number of aliphatic imine (C=N–C) groups is 1. The highest BCUT2D eigenvalue weighted by Crippen LogP contribution is 2.42. The minimum absolute atomic E-state index is 0.00104. The number of para-hydroxylation sites is 1. The standard InChI is InChI=1S/C29H23ClN2O5S/c1-3-36-29(34)25-26(33)24(38-28(25)32-21-11-5-4-6-12-21)15-18-13-22(30)27(23(14-18)35-2)37-17-20-10-8-7-9-19(20)16-31/h4-15,33H,3,17H2,1-2H3/b24-15-,32-28?. The van der Waals surface area contributed by atoms with Crippen molar-refractivity contribution in [3.05, 3.63) is 105 Å². The van der Waals surface area contributed by atoms with Gasteiger partial charge in [0.1, 0.15) is 23.0 Å². The predicted octanol–water partition coefficient (Wildman–Crippen LogP) is 6.99. The van der Waals surface area contributed by atoms with Crippen LogP contribution in [0.15, 0.2) is 88.0 Å². The third-order valence-corrected chi connectivity index (χ3v) is 6.72. The van der Waals surface area contributed by atoms with Gasteiger partial charge in [0.2, 0.25) is 0 Å². The molecule has 0 saturated heterocycles. The van der Waals surface area contributed by atoms with Crippen LogP contribution in [-0.2, 0) is 16.1 Å². The summed E-state index contributed by atoms with van der Waals surface area (Å²) in [7, 11) is 1.49. The average molecular weight is 547 g/mol. The number of methoxy groups -OCH3 is 1. The van der Waals surface area contributed by atoms with Crippen LogP contribution in [0, 0.1) is 11.3 Å². The number of hydrogen-bond acceptors (Lipinski definition) is 8. The fraction of sp³-hybridized carbons (Fsp3) is 0.138. The van der Waals surface area contributed by atoms with Crippen LogP contribution >= 0.6 is 23.4 Å². The van der Waals surface area contributed by atoms with Crippen LogP contribution in [0.2, 0.25) is 5.02 Å². The van der Waals surface area contributed by atoms with Crippen LogP contribution < -0.4 is 9.47 Å². The molecule has 0 amide bonds. The van der Waals surface area contributed by atoms with Gasteiger partial charge in [-0.25, -0.2) is 9.79 Å². The molecule has 0 fully saturated rings. The van der Waals surface area contributed by atoms with E-state index >= 15 is 0 Å². The number of aliphatic hydroxyl groups excluding tert-OH is 1. The summed E-state index contributed by atoms with van der Waals surface area (Å²) in [6.07, 6.45) is 1.68. The van der Waals surface area contributed by atoms with E-state index in [1.807, 2.05) is 24.3 Å². The maximum Gasteiger partial charge on any atom is 0.344 e. The van der Waals surface area contributed by atoms with Crippen molar-refractivity contribution in [3.8, 4) is 17.6 Å². The molecule has 3 aromatic carbocycles. The van der Waals surface area contributed by atoms with E-state index < -0.39 is 5.97 Å². The fourth-order valence-corrected chi connectivity index (χ4v) is 4.94. The van der Waals surface area contributed by atoms with Crippen LogP contribution in [0.25, 0.3) is 6.08 Å². The molecular formula is C29H23ClN2O5S. The van der Waals surface area contributed by atoms with E-state index in [0.717, 1.165) is 11.8 Å². The molecular weight excluding hydrogens is 524 g/mol. The largest absolute Gasteiger partial charge is 0.506 e. The van der Waals surface area contributed by atoms with E-state index in [4.69, 9.17) is 25.8 Å². The van der Waals surface area contributed by atoms with Gasteiger partial charge in [0, 0.05) is 5.56 Å². The number of rotatable bonds is 8. The van der Waals surface area contributed by atoms with E-state index in [0.29, 0.717) is 43.8 Å². The number of nitriles is 1. The molecule has 0 atom stereocenters. The maximum atomic E-state index is 12.6. The summed E-state index contributed by atoms with van der Waals surface area (Å²) in [5.74, 6) is -0.199. The number of carbonyl (C=O) groups is 1. The molecule has 7 nitrogen and oxygen atoms in total. The lowest BCUT2D eigenvalue weighted by Crippen LogP contribution is -2.12. The molecule has 4 rings (SSSR count). The van der Waals surface area contributed by atoms with E-state index in [-0.39, 0.29) is 29.6 Å². The second kappa shape index (κ2) is 12.4. The Kier molecular flexibility index (Phi) is 8.74. The van der Waals surface area contributed by atoms with Crippen molar-refractivity contribution in [2.45, 2.75) is 13.5 Å². The Balaban J connectivity index is 1.67. The minimum Gasteiger partial charge on any atom is -0.506 e. The normalized spacial score (nSPS) is 15.0. The van der Waals surface area contributed by atoms with E-state index in [2.05, 4.69) is 11.1 Å². The number of aliphatic hydroxyl groups is 1.